The number of aryl methyl sites for hydroxylation is 1. The zero-order valence-corrected chi connectivity index (χ0v) is 16.4. The van der Waals surface area contributed by atoms with Gasteiger partial charge in [0, 0.05) is 19.0 Å². The van der Waals surface area contributed by atoms with Crippen molar-refractivity contribution >= 4 is 28.3 Å². The van der Waals surface area contributed by atoms with Crippen molar-refractivity contribution in [3.05, 3.63) is 16.0 Å². The monoisotopic (exact) mass is 406 g/mol. The zero-order chi connectivity index (χ0) is 21.0. The van der Waals surface area contributed by atoms with Gasteiger partial charge in [-0.1, -0.05) is 6.92 Å². The molecule has 150 valence electrons. The average molecular weight is 406 g/mol. The second kappa shape index (κ2) is 8.47. The van der Waals surface area contributed by atoms with E-state index in [-0.39, 0.29) is 17.2 Å². The van der Waals surface area contributed by atoms with Crippen LogP contribution in [0.15, 0.2) is 0 Å². The molecule has 0 aliphatic rings. The van der Waals surface area contributed by atoms with Gasteiger partial charge in [-0.05, 0) is 25.8 Å². The first-order valence-electron chi connectivity index (χ1n) is 7.99. The summed E-state index contributed by atoms with van der Waals surface area (Å²) in [5.74, 6) is -1.72. The fourth-order valence-corrected chi connectivity index (χ4v) is 3.43. The molecule has 0 saturated carbocycles. The fourth-order valence-electron chi connectivity index (χ4n) is 2.28. The average Bonchev–Trinajstić information content (AvgIpc) is 2.87. The maximum atomic E-state index is 14.0. The number of anilines is 1. The van der Waals surface area contributed by atoms with E-state index in [1.54, 1.807) is 19.2 Å². The molecule has 0 saturated heterocycles. The molecule has 27 heavy (non-hydrogen) atoms. The van der Waals surface area contributed by atoms with E-state index in [1.165, 1.54) is 21.0 Å². The van der Waals surface area contributed by atoms with Crippen LogP contribution >= 0.6 is 11.3 Å². The number of alkyl halides is 3. The predicted octanol–water partition coefficient (Wildman–Crippen LogP) is 3.00. The van der Waals surface area contributed by atoms with E-state index in [0.29, 0.717) is 16.9 Å². The third kappa shape index (κ3) is 4.44. The van der Waals surface area contributed by atoms with Crippen molar-refractivity contribution in [2.75, 3.05) is 26.0 Å². The summed E-state index contributed by atoms with van der Waals surface area (Å²) in [6, 6.07) is 0.705. The highest BCUT2D eigenvalue weighted by atomic mass is 32.1. The molecule has 1 atom stereocenters. The van der Waals surface area contributed by atoms with Crippen LogP contribution < -0.4 is 10.6 Å². The largest absolute Gasteiger partial charge is 0.463 e. The van der Waals surface area contributed by atoms with E-state index >= 15 is 0 Å². The van der Waals surface area contributed by atoms with Crippen LogP contribution in [0.1, 0.15) is 29.9 Å². The molecule has 0 aromatic carbocycles. The number of nitrogens with zero attached hydrogens (tertiary/aromatic N) is 2. The predicted molar refractivity (Wildman–Crippen MR) is 94.4 cm³/mol. The SMILES string of the molecule is CCOC(=O)[C@@](NC(=O)N(C)C)(Nc1sc(C)c(CC)c1C#N)C(F)(F)F. The number of rotatable bonds is 6. The van der Waals surface area contributed by atoms with Gasteiger partial charge in [0.25, 0.3) is 0 Å². The van der Waals surface area contributed by atoms with Crippen molar-refractivity contribution in [1.29, 1.82) is 5.26 Å². The molecule has 0 spiro atoms. The summed E-state index contributed by atoms with van der Waals surface area (Å²) in [7, 11) is 2.46. The number of carbonyl (C=O) groups is 2. The van der Waals surface area contributed by atoms with Crippen molar-refractivity contribution in [1.82, 2.24) is 10.2 Å². The third-order valence-corrected chi connectivity index (χ3v) is 4.75. The molecule has 0 aliphatic carbocycles. The summed E-state index contributed by atoms with van der Waals surface area (Å²) in [6.07, 6.45) is -4.82. The minimum absolute atomic E-state index is 0.00275. The molecule has 1 aromatic rings. The first-order valence-corrected chi connectivity index (χ1v) is 8.80. The van der Waals surface area contributed by atoms with Crippen LogP contribution in [0.3, 0.4) is 0 Å². The van der Waals surface area contributed by atoms with Crippen molar-refractivity contribution in [2.24, 2.45) is 0 Å². The highest BCUT2D eigenvalue weighted by Gasteiger charge is 2.64. The van der Waals surface area contributed by atoms with Crippen molar-refractivity contribution in [3.8, 4) is 6.07 Å². The van der Waals surface area contributed by atoms with Gasteiger partial charge < -0.3 is 15.0 Å². The van der Waals surface area contributed by atoms with Crippen LogP contribution in [0.4, 0.5) is 23.0 Å². The number of carbonyl (C=O) groups excluding carboxylic acids is 2. The smallest absolute Gasteiger partial charge is 0.442 e. The molecule has 0 unspecified atom stereocenters. The van der Waals surface area contributed by atoms with E-state index in [4.69, 9.17) is 0 Å². The van der Waals surface area contributed by atoms with Crippen LogP contribution in [0.25, 0.3) is 0 Å². The lowest BCUT2D eigenvalue weighted by atomic mass is 10.1. The molecular weight excluding hydrogens is 385 g/mol. The van der Waals surface area contributed by atoms with E-state index < -0.39 is 23.8 Å². The Balaban J connectivity index is 3.60. The van der Waals surface area contributed by atoms with Gasteiger partial charge in [-0.25, -0.2) is 9.59 Å². The highest BCUT2D eigenvalue weighted by Crippen LogP contribution is 2.39. The number of urea groups is 1. The molecule has 2 N–H and O–H groups in total. The van der Waals surface area contributed by atoms with Gasteiger partial charge in [0.05, 0.1) is 12.2 Å². The number of thiophene rings is 1. The number of halogens is 3. The third-order valence-electron chi connectivity index (χ3n) is 3.68. The molecule has 0 fully saturated rings. The Labute approximate surface area is 159 Å². The summed E-state index contributed by atoms with van der Waals surface area (Å²) in [4.78, 5) is 25.8. The Kier molecular flexibility index (Phi) is 7.08. The van der Waals surface area contributed by atoms with Crippen LogP contribution in [0.5, 0.6) is 0 Å². The van der Waals surface area contributed by atoms with Gasteiger partial charge >= 0.3 is 23.8 Å². The molecule has 0 bridgehead atoms. The topological polar surface area (TPSA) is 94.5 Å². The summed E-state index contributed by atoms with van der Waals surface area (Å²) in [6.45, 7) is 4.44. The quantitative estimate of drug-likeness (QED) is 0.560. The fraction of sp³-hybridized carbons (Fsp3) is 0.562. The first-order chi connectivity index (χ1) is 12.4. The molecule has 1 heterocycles. The van der Waals surface area contributed by atoms with Crippen LogP contribution in [-0.2, 0) is 16.0 Å². The van der Waals surface area contributed by atoms with E-state index in [2.05, 4.69) is 10.1 Å². The van der Waals surface area contributed by atoms with Gasteiger partial charge in [-0.2, -0.15) is 18.4 Å². The van der Waals surface area contributed by atoms with Crippen LogP contribution in [0.2, 0.25) is 0 Å². The Bertz CT molecular complexity index is 755. The normalized spacial score (nSPS) is 13.3. The number of amides is 2. The molecule has 1 rings (SSSR count). The molecule has 2 amide bonds. The van der Waals surface area contributed by atoms with Crippen LogP contribution in [-0.4, -0.2) is 49.4 Å². The lowest BCUT2D eigenvalue weighted by molar-refractivity contribution is -0.204. The Morgan fingerprint density at radius 3 is 2.30 bits per heavy atom. The number of hydrogen-bond donors (Lipinski definition) is 2. The Morgan fingerprint density at radius 1 is 1.30 bits per heavy atom. The Hall–Kier alpha value is -2.48. The molecule has 7 nitrogen and oxygen atoms in total. The summed E-state index contributed by atoms with van der Waals surface area (Å²) >= 11 is 0.898. The molecule has 1 aromatic heterocycles. The number of ether oxygens (including phenoxy) is 1. The van der Waals surface area contributed by atoms with Crippen molar-refractivity contribution in [2.45, 2.75) is 39.0 Å². The summed E-state index contributed by atoms with van der Waals surface area (Å²) in [5, 5.41) is 12.9. The number of esters is 1. The summed E-state index contributed by atoms with van der Waals surface area (Å²) < 4.78 is 46.6. The summed E-state index contributed by atoms with van der Waals surface area (Å²) in [5.41, 5.74) is -2.97. The van der Waals surface area contributed by atoms with Crippen molar-refractivity contribution < 1.29 is 27.5 Å². The minimum atomic E-state index is -5.25. The van der Waals surface area contributed by atoms with E-state index in [9.17, 15) is 28.0 Å². The molecule has 0 aliphatic heterocycles. The maximum Gasteiger partial charge on any atom is 0.442 e. The molecule has 0 radical (unpaired) electrons. The first kappa shape index (κ1) is 22.6. The highest BCUT2D eigenvalue weighted by molar-refractivity contribution is 7.16. The van der Waals surface area contributed by atoms with Gasteiger partial charge in [-0.3, -0.25) is 5.32 Å². The molecular formula is C16H21F3N4O3S. The number of nitrogens with one attached hydrogen (secondary N) is 2. The van der Waals surface area contributed by atoms with Gasteiger partial charge in [0.2, 0.25) is 0 Å². The van der Waals surface area contributed by atoms with E-state index in [1.807, 2.05) is 6.07 Å². The standard InChI is InChI=1S/C16H21F3N4O3S/c1-6-10-9(3)27-12(11(10)8-20)21-15(16(17,18)19,13(24)26-7-2)22-14(25)23(4)5/h21H,6-7H2,1-5H3,(H,22,25)/t15-/m0/s1. The second-order valence-corrected chi connectivity index (χ2v) is 6.95. The van der Waals surface area contributed by atoms with Crippen molar-refractivity contribution in [3.63, 3.8) is 0 Å². The Morgan fingerprint density at radius 2 is 1.89 bits per heavy atom. The maximum absolute atomic E-state index is 14.0. The van der Waals surface area contributed by atoms with Gasteiger partial charge in [-0.15, -0.1) is 11.3 Å². The van der Waals surface area contributed by atoms with Gasteiger partial charge in [0.1, 0.15) is 11.1 Å². The minimum Gasteiger partial charge on any atom is -0.463 e. The number of nitriles is 1. The van der Waals surface area contributed by atoms with Crippen LogP contribution in [0, 0.1) is 18.3 Å². The molecule has 11 heteroatoms. The number of hydrogen-bond acceptors (Lipinski definition) is 6. The lowest BCUT2D eigenvalue weighted by Gasteiger charge is -2.35. The second-order valence-electron chi connectivity index (χ2n) is 5.72. The lowest BCUT2D eigenvalue weighted by Crippen LogP contribution is -2.70. The zero-order valence-electron chi connectivity index (χ0n) is 15.6. The van der Waals surface area contributed by atoms with Gasteiger partial charge in [0.15, 0.2) is 0 Å². The van der Waals surface area contributed by atoms with E-state index in [0.717, 1.165) is 16.2 Å².